The van der Waals surface area contributed by atoms with E-state index in [0.717, 1.165) is 31.1 Å². The number of hydrogen-bond acceptors (Lipinski definition) is 3. The Hall–Kier alpha value is -2.39. The summed E-state index contributed by atoms with van der Waals surface area (Å²) in [4.78, 5) is 10.7. The van der Waals surface area contributed by atoms with Crippen LogP contribution in [0.1, 0.15) is 36.0 Å². The van der Waals surface area contributed by atoms with Crippen LogP contribution in [-0.2, 0) is 0 Å². The maximum absolute atomic E-state index is 5.96. The molecule has 0 spiro atoms. The van der Waals surface area contributed by atoms with E-state index in [1.165, 1.54) is 41.5 Å². The number of aryl methyl sites for hydroxylation is 1. The van der Waals surface area contributed by atoms with Crippen LogP contribution in [0, 0.1) is 6.92 Å². The van der Waals surface area contributed by atoms with Crippen LogP contribution < -0.4 is 4.84 Å². The van der Waals surface area contributed by atoms with Crippen LogP contribution in [0.3, 0.4) is 0 Å². The van der Waals surface area contributed by atoms with E-state index in [0.29, 0.717) is 0 Å². The van der Waals surface area contributed by atoms with Crippen LogP contribution in [0.5, 0.6) is 5.75 Å². The van der Waals surface area contributed by atoms with Gasteiger partial charge in [0.05, 0.1) is 12.3 Å². The summed E-state index contributed by atoms with van der Waals surface area (Å²) in [5.74, 6) is 0.920. The van der Waals surface area contributed by atoms with E-state index in [1.54, 1.807) is 0 Å². The highest BCUT2D eigenvalue weighted by atomic mass is 16.7. The molecule has 0 saturated carbocycles. The van der Waals surface area contributed by atoms with Gasteiger partial charge in [-0.05, 0) is 54.7 Å². The van der Waals surface area contributed by atoms with E-state index >= 15 is 0 Å². The first-order valence-corrected chi connectivity index (χ1v) is 9.13. The molecule has 2 aliphatic rings. The molecule has 1 fully saturated rings. The van der Waals surface area contributed by atoms with E-state index in [2.05, 4.69) is 66.6 Å². The highest BCUT2D eigenvalue weighted by Crippen LogP contribution is 2.24. The number of aliphatic imine (C=N–C) groups is 1. The zero-order valence-corrected chi connectivity index (χ0v) is 14.7. The first-order chi connectivity index (χ1) is 12.3. The topological polar surface area (TPSA) is 24.8 Å². The van der Waals surface area contributed by atoms with E-state index in [9.17, 15) is 0 Å². The molecule has 2 aliphatic heterocycles. The van der Waals surface area contributed by atoms with Gasteiger partial charge in [-0.1, -0.05) is 48.4 Å². The third-order valence-corrected chi connectivity index (χ3v) is 4.85. The summed E-state index contributed by atoms with van der Waals surface area (Å²) in [6.07, 6.45) is 5.97. The summed E-state index contributed by atoms with van der Waals surface area (Å²) in [5.41, 5.74) is 6.02. The van der Waals surface area contributed by atoms with Crippen molar-refractivity contribution in [2.45, 2.75) is 26.2 Å². The van der Waals surface area contributed by atoms with Gasteiger partial charge in [-0.2, -0.15) is 0 Å². The van der Waals surface area contributed by atoms with Crippen molar-refractivity contribution in [3.8, 4) is 5.75 Å². The lowest BCUT2D eigenvalue weighted by Crippen LogP contribution is -2.32. The molecule has 0 radical (unpaired) electrons. The first kappa shape index (κ1) is 16.1. The molecule has 2 aromatic rings. The van der Waals surface area contributed by atoms with Gasteiger partial charge >= 0.3 is 0 Å². The molecule has 3 nitrogen and oxygen atoms in total. The molecule has 0 unspecified atom stereocenters. The fraction of sp³-hybridized carbons (Fsp3) is 0.318. The number of rotatable bonds is 4. The Kier molecular flexibility index (Phi) is 4.66. The monoisotopic (exact) mass is 332 g/mol. The standard InChI is InChI=1S/C22H24N2O/c1-17-5-7-19(8-6-17)22-15-20(16-23-22)18-9-11-21(12-10-18)25-24-13-3-2-4-14-24/h5-12,15H,2-4,13-14,16H2,1H3. The molecular formula is C22H24N2O. The van der Waals surface area contributed by atoms with Gasteiger partial charge in [0.2, 0.25) is 0 Å². The molecule has 0 atom stereocenters. The molecule has 3 heteroatoms. The highest BCUT2D eigenvalue weighted by Gasteiger charge is 2.14. The van der Waals surface area contributed by atoms with Crippen LogP contribution in [0.25, 0.3) is 5.57 Å². The van der Waals surface area contributed by atoms with E-state index in [1.807, 2.05) is 0 Å². The van der Waals surface area contributed by atoms with Crippen molar-refractivity contribution < 1.29 is 4.84 Å². The zero-order valence-electron chi connectivity index (χ0n) is 14.7. The second kappa shape index (κ2) is 7.24. The normalized spacial score (nSPS) is 18.0. The zero-order chi connectivity index (χ0) is 17.1. The number of benzene rings is 2. The summed E-state index contributed by atoms with van der Waals surface area (Å²) in [6.45, 7) is 4.91. The van der Waals surface area contributed by atoms with Crippen molar-refractivity contribution in [1.29, 1.82) is 0 Å². The smallest absolute Gasteiger partial charge is 0.147 e. The van der Waals surface area contributed by atoms with Gasteiger partial charge in [-0.3, -0.25) is 4.99 Å². The number of nitrogens with zero attached hydrogens (tertiary/aromatic N) is 2. The lowest BCUT2D eigenvalue weighted by atomic mass is 10.0. The fourth-order valence-corrected chi connectivity index (χ4v) is 3.34. The summed E-state index contributed by atoms with van der Waals surface area (Å²) < 4.78 is 0. The van der Waals surface area contributed by atoms with Crippen LogP contribution in [0.4, 0.5) is 0 Å². The van der Waals surface area contributed by atoms with E-state index < -0.39 is 0 Å². The maximum Gasteiger partial charge on any atom is 0.147 e. The molecule has 2 heterocycles. The molecule has 0 amide bonds. The third-order valence-electron chi connectivity index (χ3n) is 4.85. The summed E-state index contributed by atoms with van der Waals surface area (Å²) in [7, 11) is 0. The molecule has 0 N–H and O–H groups in total. The fourth-order valence-electron chi connectivity index (χ4n) is 3.34. The van der Waals surface area contributed by atoms with Crippen molar-refractivity contribution in [2.75, 3.05) is 19.6 Å². The van der Waals surface area contributed by atoms with Gasteiger partial charge in [0, 0.05) is 13.1 Å². The van der Waals surface area contributed by atoms with Crippen molar-refractivity contribution in [3.05, 3.63) is 71.3 Å². The van der Waals surface area contributed by atoms with Crippen molar-refractivity contribution in [3.63, 3.8) is 0 Å². The van der Waals surface area contributed by atoms with Gasteiger partial charge in [-0.25, -0.2) is 0 Å². The number of hydroxylamine groups is 2. The molecule has 2 aromatic carbocycles. The van der Waals surface area contributed by atoms with Gasteiger partial charge in [-0.15, -0.1) is 5.06 Å². The lowest BCUT2D eigenvalue weighted by molar-refractivity contribution is -0.0720. The van der Waals surface area contributed by atoms with Crippen molar-refractivity contribution in [1.82, 2.24) is 5.06 Å². The minimum Gasteiger partial charge on any atom is -0.406 e. The average molecular weight is 332 g/mol. The van der Waals surface area contributed by atoms with Crippen molar-refractivity contribution >= 4 is 11.3 Å². The Morgan fingerprint density at radius 2 is 1.52 bits per heavy atom. The maximum atomic E-state index is 5.96. The van der Waals surface area contributed by atoms with Crippen molar-refractivity contribution in [2.24, 2.45) is 4.99 Å². The SMILES string of the molecule is Cc1ccc(C2=NCC(c3ccc(ON4CCCCC4)cc3)=C2)cc1. The Balaban J connectivity index is 1.44. The molecule has 128 valence electrons. The lowest BCUT2D eigenvalue weighted by Gasteiger charge is -2.26. The number of hydrogen-bond donors (Lipinski definition) is 0. The second-order valence-electron chi connectivity index (χ2n) is 6.84. The first-order valence-electron chi connectivity index (χ1n) is 9.13. The minimum absolute atomic E-state index is 0.746. The predicted octanol–water partition coefficient (Wildman–Crippen LogP) is 4.66. The van der Waals surface area contributed by atoms with Crippen LogP contribution in [-0.4, -0.2) is 30.4 Å². The molecular weight excluding hydrogens is 308 g/mol. The molecule has 0 aromatic heterocycles. The van der Waals surface area contributed by atoms with E-state index in [-0.39, 0.29) is 0 Å². The molecule has 1 saturated heterocycles. The summed E-state index contributed by atoms with van der Waals surface area (Å²) in [5, 5.41) is 2.08. The second-order valence-corrected chi connectivity index (χ2v) is 6.84. The molecule has 4 rings (SSSR count). The van der Waals surface area contributed by atoms with E-state index in [4.69, 9.17) is 9.83 Å². The average Bonchev–Trinajstić information content (AvgIpc) is 3.14. The van der Waals surface area contributed by atoms with Gasteiger partial charge < -0.3 is 4.84 Å². The van der Waals surface area contributed by atoms with Crippen LogP contribution in [0.2, 0.25) is 0 Å². The van der Waals surface area contributed by atoms with Gasteiger partial charge in [0.25, 0.3) is 0 Å². The Morgan fingerprint density at radius 1 is 0.840 bits per heavy atom. The molecule has 0 aliphatic carbocycles. The highest BCUT2D eigenvalue weighted by molar-refractivity contribution is 6.14. The van der Waals surface area contributed by atoms with Crippen LogP contribution >= 0.6 is 0 Å². The molecule has 0 bridgehead atoms. The van der Waals surface area contributed by atoms with Gasteiger partial charge in [0.1, 0.15) is 5.75 Å². The van der Waals surface area contributed by atoms with Crippen LogP contribution in [0.15, 0.2) is 59.6 Å². The predicted molar refractivity (Wildman–Crippen MR) is 103 cm³/mol. The minimum atomic E-state index is 0.746. The summed E-state index contributed by atoms with van der Waals surface area (Å²) in [6, 6.07) is 17.0. The quantitative estimate of drug-likeness (QED) is 0.813. The Bertz CT molecular complexity index is 782. The Morgan fingerprint density at radius 3 is 2.24 bits per heavy atom. The summed E-state index contributed by atoms with van der Waals surface area (Å²) >= 11 is 0. The largest absolute Gasteiger partial charge is 0.406 e. The third kappa shape index (κ3) is 3.83. The number of piperidine rings is 1. The Labute approximate surface area is 149 Å². The van der Waals surface area contributed by atoms with Gasteiger partial charge in [0.15, 0.2) is 0 Å². The number of allylic oxidation sites excluding steroid dienone is 1. The molecule has 25 heavy (non-hydrogen) atoms.